The lowest BCUT2D eigenvalue weighted by Gasteiger charge is -2.44. The Hall–Kier alpha value is -1.89. The minimum Gasteiger partial charge on any atom is -0.550 e. The first-order valence-corrected chi connectivity index (χ1v) is 16.3. The summed E-state index contributed by atoms with van der Waals surface area (Å²) < 4.78 is 0.217. The Kier molecular flexibility index (Phi) is 22.7. The van der Waals surface area contributed by atoms with Crippen LogP contribution in [-0.2, 0) is 14.4 Å². The number of hydrogen-bond donors (Lipinski definition) is 2. The standard InChI is InChI=1S/C33H61NO6/c1-5-9-10-11-12-13-14-15-16-17-18-19-20-21-22-23-24-34(25-28(6-2)31(35)36,26-29(7-3)32(37)38)27-30(8-4)33(39)40/h12-13,28-30H,5-11,14-27H2,1-4H3,(H2-,35,36,37,38,39,40)/b13-12+. The number of allylic oxidation sites excluding steroid dienone is 2. The lowest BCUT2D eigenvalue weighted by Crippen LogP contribution is -2.59. The predicted octanol–water partition coefficient (Wildman–Crippen LogP) is 6.84. The van der Waals surface area contributed by atoms with E-state index in [0.29, 0.717) is 25.8 Å². The maximum absolute atomic E-state index is 12.0. The van der Waals surface area contributed by atoms with E-state index >= 15 is 0 Å². The fraction of sp³-hybridized carbons (Fsp3) is 0.848. The number of rotatable bonds is 28. The van der Waals surface area contributed by atoms with E-state index < -0.39 is 35.7 Å². The molecule has 0 aromatic heterocycles. The lowest BCUT2D eigenvalue weighted by atomic mass is 9.95. The van der Waals surface area contributed by atoms with Gasteiger partial charge in [0, 0.05) is 5.92 Å². The molecule has 0 amide bonds. The van der Waals surface area contributed by atoms with Crippen LogP contribution >= 0.6 is 0 Å². The van der Waals surface area contributed by atoms with Gasteiger partial charge >= 0.3 is 11.9 Å². The van der Waals surface area contributed by atoms with Crippen LogP contribution in [-0.4, -0.2) is 58.8 Å². The average Bonchev–Trinajstić information content (AvgIpc) is 2.92. The zero-order chi connectivity index (χ0) is 30.2. The van der Waals surface area contributed by atoms with E-state index in [1.54, 1.807) is 6.92 Å². The minimum absolute atomic E-state index is 0.217. The van der Waals surface area contributed by atoms with Crippen LogP contribution in [0.1, 0.15) is 137 Å². The number of aliphatic carboxylic acids is 3. The SMILES string of the molecule is CCCCC/C=C/CCCCCCCCCCC[N+](CC(CC)C(=O)[O-])(CC(CC)C(=O)O)CC(CC)C(=O)O. The van der Waals surface area contributed by atoms with Crippen molar-refractivity contribution < 1.29 is 34.2 Å². The minimum atomic E-state index is -1.14. The first-order chi connectivity index (χ1) is 19.2. The van der Waals surface area contributed by atoms with E-state index in [1.165, 1.54) is 64.2 Å². The average molecular weight is 568 g/mol. The van der Waals surface area contributed by atoms with Gasteiger partial charge in [-0.3, -0.25) is 9.59 Å². The molecule has 0 radical (unpaired) electrons. The molecule has 0 aliphatic heterocycles. The van der Waals surface area contributed by atoms with Crippen molar-refractivity contribution in [3.8, 4) is 0 Å². The zero-order valence-corrected chi connectivity index (χ0v) is 26.2. The van der Waals surface area contributed by atoms with Crippen molar-refractivity contribution in [2.24, 2.45) is 17.8 Å². The molecule has 0 saturated carbocycles. The summed E-state index contributed by atoms with van der Waals surface area (Å²) in [7, 11) is 0. The summed E-state index contributed by atoms with van der Waals surface area (Å²) in [5.74, 6) is -4.95. The zero-order valence-electron chi connectivity index (χ0n) is 26.2. The van der Waals surface area contributed by atoms with E-state index in [1.807, 2.05) is 13.8 Å². The molecule has 0 saturated heterocycles. The van der Waals surface area contributed by atoms with Gasteiger partial charge in [-0.1, -0.05) is 91.2 Å². The van der Waals surface area contributed by atoms with E-state index in [-0.39, 0.29) is 24.1 Å². The van der Waals surface area contributed by atoms with E-state index in [4.69, 9.17) is 0 Å². The number of carboxylic acids is 3. The van der Waals surface area contributed by atoms with Gasteiger partial charge in [-0.25, -0.2) is 0 Å². The highest BCUT2D eigenvalue weighted by Gasteiger charge is 2.39. The molecule has 2 N–H and O–H groups in total. The summed E-state index contributed by atoms with van der Waals surface area (Å²) in [6, 6.07) is 0. The van der Waals surface area contributed by atoms with Crippen LogP contribution < -0.4 is 5.11 Å². The van der Waals surface area contributed by atoms with Crippen molar-refractivity contribution in [1.82, 2.24) is 0 Å². The van der Waals surface area contributed by atoms with Gasteiger partial charge in [0.15, 0.2) is 0 Å². The predicted molar refractivity (Wildman–Crippen MR) is 161 cm³/mol. The summed E-state index contributed by atoms with van der Waals surface area (Å²) in [4.78, 5) is 35.8. The quantitative estimate of drug-likeness (QED) is 0.0608. The topological polar surface area (TPSA) is 115 Å². The summed E-state index contributed by atoms with van der Waals surface area (Å²) >= 11 is 0. The fourth-order valence-electron chi connectivity index (χ4n) is 5.73. The molecule has 3 atom stereocenters. The molecule has 0 aromatic carbocycles. The fourth-order valence-corrected chi connectivity index (χ4v) is 5.73. The highest BCUT2D eigenvalue weighted by Crippen LogP contribution is 2.25. The van der Waals surface area contributed by atoms with E-state index in [0.717, 1.165) is 25.7 Å². The number of nitrogens with zero attached hydrogens (tertiary/aromatic N) is 1. The van der Waals surface area contributed by atoms with Crippen molar-refractivity contribution in [3.05, 3.63) is 12.2 Å². The third-order valence-electron chi connectivity index (χ3n) is 8.48. The van der Waals surface area contributed by atoms with Gasteiger partial charge in [-0.2, -0.15) is 0 Å². The van der Waals surface area contributed by atoms with Gasteiger partial charge < -0.3 is 24.6 Å². The van der Waals surface area contributed by atoms with Crippen LogP contribution in [0.2, 0.25) is 0 Å². The molecular formula is C33H61NO6. The number of hydrogen-bond acceptors (Lipinski definition) is 4. The number of carbonyl (C=O) groups is 3. The van der Waals surface area contributed by atoms with Gasteiger partial charge in [-0.05, 0) is 57.8 Å². The molecule has 0 heterocycles. The maximum atomic E-state index is 12.0. The van der Waals surface area contributed by atoms with Crippen LogP contribution in [0.25, 0.3) is 0 Å². The molecule has 3 unspecified atom stereocenters. The Morgan fingerprint density at radius 1 is 0.600 bits per heavy atom. The molecule has 234 valence electrons. The molecule has 0 aliphatic rings. The Balaban J connectivity index is 4.87. The molecule has 7 nitrogen and oxygen atoms in total. The Labute approximate surface area is 245 Å². The number of quaternary nitrogens is 1. The molecule has 0 fully saturated rings. The molecule has 0 spiro atoms. The number of unbranched alkanes of at least 4 members (excludes halogenated alkanes) is 12. The van der Waals surface area contributed by atoms with Gasteiger partial charge in [0.1, 0.15) is 11.8 Å². The Morgan fingerprint density at radius 2 is 0.975 bits per heavy atom. The van der Waals surface area contributed by atoms with Crippen LogP contribution in [0.3, 0.4) is 0 Å². The second-order valence-corrected chi connectivity index (χ2v) is 11.9. The second kappa shape index (κ2) is 23.8. The Morgan fingerprint density at radius 3 is 1.35 bits per heavy atom. The van der Waals surface area contributed by atoms with Crippen LogP contribution in [0.4, 0.5) is 0 Å². The largest absolute Gasteiger partial charge is 0.550 e. The highest BCUT2D eigenvalue weighted by atomic mass is 16.4. The summed E-state index contributed by atoms with van der Waals surface area (Å²) in [6.45, 7) is 9.01. The van der Waals surface area contributed by atoms with Crippen LogP contribution in [0, 0.1) is 17.8 Å². The number of carboxylic acid groups (broad SMARTS) is 3. The van der Waals surface area contributed by atoms with Crippen molar-refractivity contribution in [2.45, 2.75) is 137 Å². The normalized spacial score (nSPS) is 15.5. The van der Waals surface area contributed by atoms with Gasteiger partial charge in [0.2, 0.25) is 0 Å². The van der Waals surface area contributed by atoms with Crippen LogP contribution in [0.15, 0.2) is 12.2 Å². The molecule has 0 aliphatic carbocycles. The number of carbonyl (C=O) groups excluding carboxylic acids is 1. The lowest BCUT2D eigenvalue weighted by molar-refractivity contribution is -0.935. The second-order valence-electron chi connectivity index (χ2n) is 11.9. The first-order valence-electron chi connectivity index (χ1n) is 16.3. The molecule has 0 aromatic rings. The van der Waals surface area contributed by atoms with Gasteiger partial charge in [-0.15, -0.1) is 0 Å². The van der Waals surface area contributed by atoms with Crippen molar-refractivity contribution >= 4 is 17.9 Å². The highest BCUT2D eigenvalue weighted by molar-refractivity contribution is 5.70. The Bertz CT molecular complexity index is 647. The maximum Gasteiger partial charge on any atom is 0.312 e. The summed E-state index contributed by atoms with van der Waals surface area (Å²) in [5, 5.41) is 31.4. The monoisotopic (exact) mass is 567 g/mol. The van der Waals surface area contributed by atoms with E-state index in [9.17, 15) is 29.7 Å². The van der Waals surface area contributed by atoms with E-state index in [2.05, 4.69) is 19.1 Å². The van der Waals surface area contributed by atoms with Crippen molar-refractivity contribution in [3.63, 3.8) is 0 Å². The molecule has 0 bridgehead atoms. The first kappa shape index (κ1) is 38.1. The molecule has 7 heteroatoms. The third kappa shape index (κ3) is 17.7. The van der Waals surface area contributed by atoms with Crippen LogP contribution in [0.5, 0.6) is 0 Å². The van der Waals surface area contributed by atoms with Crippen molar-refractivity contribution in [2.75, 3.05) is 26.2 Å². The summed E-state index contributed by atoms with van der Waals surface area (Å²) in [5.41, 5.74) is 0. The smallest absolute Gasteiger partial charge is 0.312 e. The molecular weight excluding hydrogens is 506 g/mol. The third-order valence-corrected chi connectivity index (χ3v) is 8.48. The van der Waals surface area contributed by atoms with Gasteiger partial charge in [0.05, 0.1) is 32.1 Å². The molecule has 0 rings (SSSR count). The van der Waals surface area contributed by atoms with Crippen molar-refractivity contribution in [1.29, 1.82) is 0 Å². The van der Waals surface area contributed by atoms with Gasteiger partial charge in [0.25, 0.3) is 0 Å². The summed E-state index contributed by atoms with van der Waals surface area (Å²) in [6.07, 6.45) is 22.5. The molecule has 40 heavy (non-hydrogen) atoms.